The van der Waals surface area contributed by atoms with Crippen molar-refractivity contribution in [3.63, 3.8) is 0 Å². The van der Waals surface area contributed by atoms with Crippen LogP contribution in [0, 0.1) is 4.77 Å². The van der Waals surface area contributed by atoms with Crippen molar-refractivity contribution < 1.29 is 4.79 Å². The van der Waals surface area contributed by atoms with Crippen LogP contribution in [-0.4, -0.2) is 32.7 Å². The van der Waals surface area contributed by atoms with Crippen LogP contribution in [0.2, 0.25) is 0 Å². The number of hydrogen-bond acceptors (Lipinski definition) is 4. The summed E-state index contributed by atoms with van der Waals surface area (Å²) in [7, 11) is 0. The topological polar surface area (TPSA) is 75.6 Å². The minimum absolute atomic E-state index is 0.0170. The quantitative estimate of drug-likeness (QED) is 0.690. The fourth-order valence-electron chi connectivity index (χ4n) is 0.928. The molecule has 2 N–H and O–H groups in total. The van der Waals surface area contributed by atoms with E-state index in [9.17, 15) is 4.79 Å². The lowest BCUT2D eigenvalue weighted by Gasteiger charge is -2.02. The average molecular weight is 215 g/mol. The molecule has 14 heavy (non-hydrogen) atoms. The Morgan fingerprint density at radius 1 is 1.71 bits per heavy atom. The minimum Gasteiger partial charge on any atom is -0.356 e. The molecule has 0 bridgehead atoms. The molecule has 0 aliphatic rings. The minimum atomic E-state index is 0.0170. The second-order valence-electron chi connectivity index (χ2n) is 2.83. The highest BCUT2D eigenvalue weighted by atomic mass is 32.1. The van der Waals surface area contributed by atoms with Gasteiger partial charge in [-0.25, -0.2) is 4.68 Å². The molecule has 7 heteroatoms. The predicted octanol–water partition coefficient (Wildman–Crippen LogP) is 0.252. The van der Waals surface area contributed by atoms with E-state index in [2.05, 4.69) is 20.8 Å². The molecular weight excluding hydrogens is 202 g/mol. The number of nitrogens with one attached hydrogen (secondary N) is 2. The van der Waals surface area contributed by atoms with Gasteiger partial charge in [-0.2, -0.15) is 5.21 Å². The number of aromatic amines is 1. The molecule has 1 rings (SSSR count). The molecule has 0 fully saturated rings. The van der Waals surface area contributed by atoms with Crippen molar-refractivity contribution in [2.24, 2.45) is 0 Å². The van der Waals surface area contributed by atoms with Gasteiger partial charge in [-0.15, -0.1) is 0 Å². The summed E-state index contributed by atoms with van der Waals surface area (Å²) in [6.07, 6.45) is 1.33. The number of nitrogens with zero attached hydrogens (tertiary/aromatic N) is 3. The van der Waals surface area contributed by atoms with Crippen LogP contribution < -0.4 is 5.32 Å². The molecule has 0 atom stereocenters. The van der Waals surface area contributed by atoms with Crippen molar-refractivity contribution in [2.45, 2.75) is 26.3 Å². The molecule has 1 heterocycles. The second kappa shape index (κ2) is 5.48. The largest absolute Gasteiger partial charge is 0.356 e. The molecule has 78 valence electrons. The van der Waals surface area contributed by atoms with E-state index < -0.39 is 0 Å². The summed E-state index contributed by atoms with van der Waals surface area (Å²) in [6, 6.07) is 0. The smallest absolute Gasteiger partial charge is 0.238 e. The number of aromatic nitrogens is 4. The summed E-state index contributed by atoms with van der Waals surface area (Å²) in [4.78, 5) is 11.2. The first-order valence-electron chi connectivity index (χ1n) is 4.48. The number of aryl methyl sites for hydroxylation is 1. The zero-order valence-electron chi connectivity index (χ0n) is 7.99. The van der Waals surface area contributed by atoms with Crippen LogP contribution in [0.3, 0.4) is 0 Å². The van der Waals surface area contributed by atoms with Gasteiger partial charge in [0.2, 0.25) is 10.7 Å². The molecule has 0 aromatic carbocycles. The summed E-state index contributed by atoms with van der Waals surface area (Å²) >= 11 is 4.85. The van der Waals surface area contributed by atoms with Gasteiger partial charge in [-0.05, 0) is 18.6 Å². The summed E-state index contributed by atoms with van der Waals surface area (Å²) < 4.78 is 1.93. The van der Waals surface area contributed by atoms with Gasteiger partial charge in [0.1, 0.15) is 0 Å². The zero-order valence-corrected chi connectivity index (χ0v) is 8.80. The molecule has 0 radical (unpaired) electrons. The van der Waals surface area contributed by atoms with Gasteiger partial charge in [0.15, 0.2) is 0 Å². The molecule has 0 aliphatic carbocycles. The Bertz CT molecular complexity index is 344. The van der Waals surface area contributed by atoms with E-state index in [1.807, 2.05) is 6.92 Å². The van der Waals surface area contributed by atoms with Crippen LogP contribution in [0.15, 0.2) is 0 Å². The lowest BCUT2D eigenvalue weighted by molar-refractivity contribution is -0.121. The first-order chi connectivity index (χ1) is 6.74. The number of H-pyrrole nitrogens is 1. The second-order valence-corrected chi connectivity index (χ2v) is 3.20. The average Bonchev–Trinajstić information content (AvgIpc) is 2.58. The molecule has 1 aromatic rings. The normalized spacial score (nSPS) is 10.1. The molecular formula is C7H13N5OS. The van der Waals surface area contributed by atoms with Crippen molar-refractivity contribution in [1.29, 1.82) is 0 Å². The Kier molecular flexibility index (Phi) is 4.24. The van der Waals surface area contributed by atoms with Crippen LogP contribution in [0.1, 0.15) is 19.8 Å². The van der Waals surface area contributed by atoms with Crippen LogP contribution in [0.5, 0.6) is 0 Å². The molecule has 0 spiro atoms. The van der Waals surface area contributed by atoms with Crippen LogP contribution in [0.25, 0.3) is 0 Å². The summed E-state index contributed by atoms with van der Waals surface area (Å²) in [6.45, 7) is 3.21. The maximum Gasteiger partial charge on any atom is 0.238 e. The van der Waals surface area contributed by atoms with E-state index in [4.69, 9.17) is 12.2 Å². The monoisotopic (exact) mass is 215 g/mol. The van der Waals surface area contributed by atoms with Gasteiger partial charge in [-0.3, -0.25) is 4.79 Å². The Morgan fingerprint density at radius 2 is 2.50 bits per heavy atom. The lowest BCUT2D eigenvalue weighted by Crippen LogP contribution is -2.25. The maximum absolute atomic E-state index is 11.2. The van der Waals surface area contributed by atoms with Crippen LogP contribution in [-0.2, 0) is 11.3 Å². The number of carbonyl (C=O) groups is 1. The van der Waals surface area contributed by atoms with E-state index >= 15 is 0 Å². The number of carbonyl (C=O) groups excluding carboxylic acids is 1. The summed E-state index contributed by atoms with van der Waals surface area (Å²) in [5, 5.41) is 12.5. The van der Waals surface area contributed by atoms with Crippen molar-refractivity contribution >= 4 is 18.1 Å². The number of hydrogen-bond donors (Lipinski definition) is 2. The molecule has 1 amide bonds. The fourth-order valence-corrected chi connectivity index (χ4v) is 1.10. The van der Waals surface area contributed by atoms with Gasteiger partial charge in [0.05, 0.1) is 6.54 Å². The SMILES string of the molecule is CCCNC(=O)CCn1[nH]nnc1=S. The Labute approximate surface area is 86.7 Å². The van der Waals surface area contributed by atoms with E-state index in [1.54, 1.807) is 4.68 Å². The molecule has 0 saturated heterocycles. The van der Waals surface area contributed by atoms with Crippen molar-refractivity contribution in [1.82, 2.24) is 25.5 Å². The predicted molar refractivity (Wildman–Crippen MR) is 53.1 cm³/mol. The van der Waals surface area contributed by atoms with Gasteiger partial charge in [0, 0.05) is 13.0 Å². The number of amides is 1. The first kappa shape index (κ1) is 10.8. The van der Waals surface area contributed by atoms with Crippen molar-refractivity contribution in [3.05, 3.63) is 4.77 Å². The number of tetrazole rings is 1. The van der Waals surface area contributed by atoms with E-state index in [1.165, 1.54) is 0 Å². The van der Waals surface area contributed by atoms with E-state index in [0.29, 0.717) is 24.3 Å². The van der Waals surface area contributed by atoms with Gasteiger partial charge < -0.3 is 5.32 Å². The van der Waals surface area contributed by atoms with Gasteiger partial charge in [-0.1, -0.05) is 17.2 Å². The summed E-state index contributed by atoms with van der Waals surface area (Å²) in [5.74, 6) is 0.0170. The Morgan fingerprint density at radius 3 is 3.07 bits per heavy atom. The molecule has 1 aromatic heterocycles. The van der Waals surface area contributed by atoms with E-state index in [0.717, 1.165) is 6.42 Å². The third-order valence-electron chi connectivity index (χ3n) is 1.67. The number of rotatable bonds is 5. The maximum atomic E-state index is 11.2. The molecule has 0 aliphatic heterocycles. The highest BCUT2D eigenvalue weighted by Gasteiger charge is 2.01. The highest BCUT2D eigenvalue weighted by Crippen LogP contribution is 1.88. The first-order valence-corrected chi connectivity index (χ1v) is 4.89. The molecule has 6 nitrogen and oxygen atoms in total. The highest BCUT2D eigenvalue weighted by molar-refractivity contribution is 7.71. The fraction of sp³-hybridized carbons (Fsp3) is 0.714. The van der Waals surface area contributed by atoms with Crippen molar-refractivity contribution in [2.75, 3.05) is 6.54 Å². The Balaban J connectivity index is 2.31. The third kappa shape index (κ3) is 3.25. The summed E-state index contributed by atoms with van der Waals surface area (Å²) in [5.41, 5.74) is 0. The lowest BCUT2D eigenvalue weighted by atomic mass is 10.4. The molecule has 0 unspecified atom stereocenters. The van der Waals surface area contributed by atoms with Gasteiger partial charge >= 0.3 is 0 Å². The third-order valence-corrected chi connectivity index (χ3v) is 1.97. The molecule has 0 saturated carbocycles. The van der Waals surface area contributed by atoms with Crippen LogP contribution in [0.4, 0.5) is 0 Å². The van der Waals surface area contributed by atoms with Crippen LogP contribution >= 0.6 is 12.2 Å². The van der Waals surface area contributed by atoms with E-state index in [-0.39, 0.29) is 5.91 Å². The standard InChI is InChI=1S/C7H13N5OS/c1-2-4-8-6(13)3-5-12-7(14)9-10-11-12/h2-5H2,1H3,(H,8,13)(H,9,11,14). The Hall–Kier alpha value is -1.24. The van der Waals surface area contributed by atoms with Gasteiger partial charge in [0.25, 0.3) is 0 Å². The zero-order chi connectivity index (χ0) is 10.4. The van der Waals surface area contributed by atoms with Crippen molar-refractivity contribution in [3.8, 4) is 0 Å².